The van der Waals surface area contributed by atoms with E-state index in [1.807, 2.05) is 0 Å². The highest BCUT2D eigenvalue weighted by atomic mass is 35.5. The first kappa shape index (κ1) is 13.6. The number of carboxylic acid groups (broad SMARTS) is 1. The van der Waals surface area contributed by atoms with Gasteiger partial charge in [-0.15, -0.1) is 11.3 Å². The lowest BCUT2D eigenvalue weighted by molar-refractivity contribution is -0.138. The summed E-state index contributed by atoms with van der Waals surface area (Å²) in [5.74, 6) is -0.375. The maximum atomic E-state index is 11.3. The molecule has 2 N–H and O–H groups in total. The molecule has 0 saturated carbocycles. The molecular weight excluding hydrogens is 288 g/mol. The number of nitrogens with one attached hydrogen (secondary N) is 1. The predicted molar refractivity (Wildman–Crippen MR) is 74.1 cm³/mol. The highest BCUT2D eigenvalue weighted by molar-refractivity contribution is 7.16. The van der Waals surface area contributed by atoms with Gasteiger partial charge in [0.25, 0.3) is 0 Å². The molecule has 1 unspecified atom stereocenters. The van der Waals surface area contributed by atoms with E-state index in [0.717, 1.165) is 11.3 Å². The number of thiazole rings is 1. The number of carboxylic acids is 1. The Balaban J connectivity index is 2.23. The number of hydrogen-bond acceptors (Lipinski definition) is 5. The number of rotatable bonds is 5. The van der Waals surface area contributed by atoms with Crippen LogP contribution in [0, 0.1) is 0 Å². The van der Waals surface area contributed by atoms with Crippen LogP contribution in [0.15, 0.2) is 30.5 Å². The van der Waals surface area contributed by atoms with Gasteiger partial charge in [0, 0.05) is 11.8 Å². The summed E-state index contributed by atoms with van der Waals surface area (Å²) < 4.78 is 5.54. The highest BCUT2D eigenvalue weighted by Gasteiger charge is 2.23. The lowest BCUT2D eigenvalue weighted by Gasteiger charge is -2.13. The van der Waals surface area contributed by atoms with Gasteiger partial charge in [-0.05, 0) is 12.1 Å². The van der Waals surface area contributed by atoms with Gasteiger partial charge in [-0.1, -0.05) is 17.7 Å². The van der Waals surface area contributed by atoms with Crippen LogP contribution in [0.4, 0.5) is 5.69 Å². The Morgan fingerprint density at radius 1 is 1.58 bits per heavy atom. The van der Waals surface area contributed by atoms with Crippen LogP contribution in [0.5, 0.6) is 5.75 Å². The summed E-state index contributed by atoms with van der Waals surface area (Å²) >= 11 is 6.91. The quantitative estimate of drug-likeness (QED) is 0.888. The monoisotopic (exact) mass is 298 g/mol. The lowest BCUT2D eigenvalue weighted by atomic mass is 10.2. The van der Waals surface area contributed by atoms with Gasteiger partial charge < -0.3 is 15.2 Å². The number of anilines is 1. The number of methoxy groups -OCH3 is 1. The summed E-state index contributed by atoms with van der Waals surface area (Å²) in [5, 5.41) is 12.5. The van der Waals surface area contributed by atoms with Crippen LogP contribution in [-0.4, -0.2) is 23.2 Å². The molecule has 0 fully saturated rings. The Morgan fingerprint density at radius 3 is 2.95 bits per heavy atom. The van der Waals surface area contributed by atoms with Crippen molar-refractivity contribution in [1.29, 1.82) is 0 Å². The summed E-state index contributed by atoms with van der Waals surface area (Å²) in [7, 11) is 1.55. The Hall–Kier alpha value is -1.79. The molecular formula is C12H11ClN2O3S. The van der Waals surface area contributed by atoms with E-state index in [4.69, 9.17) is 16.3 Å². The molecule has 1 aromatic heterocycles. The maximum Gasteiger partial charge on any atom is 0.333 e. The summed E-state index contributed by atoms with van der Waals surface area (Å²) in [5.41, 5.74) is 0.637. The molecule has 1 atom stereocenters. The van der Waals surface area contributed by atoms with Crippen molar-refractivity contribution < 1.29 is 14.6 Å². The minimum absolute atomic E-state index is 0.403. The number of aromatic nitrogens is 1. The van der Waals surface area contributed by atoms with E-state index < -0.39 is 12.0 Å². The van der Waals surface area contributed by atoms with Crippen LogP contribution in [0.1, 0.15) is 11.0 Å². The molecule has 2 rings (SSSR count). The highest BCUT2D eigenvalue weighted by Crippen LogP contribution is 2.28. The van der Waals surface area contributed by atoms with Gasteiger partial charge in [-0.3, -0.25) is 0 Å². The van der Waals surface area contributed by atoms with Crippen molar-refractivity contribution in [3.63, 3.8) is 0 Å². The normalized spacial score (nSPS) is 11.9. The van der Waals surface area contributed by atoms with Crippen molar-refractivity contribution in [3.8, 4) is 5.75 Å². The second-order valence-electron chi connectivity index (χ2n) is 3.65. The zero-order chi connectivity index (χ0) is 13.8. The van der Waals surface area contributed by atoms with Gasteiger partial charge in [-0.2, -0.15) is 0 Å². The Morgan fingerprint density at radius 2 is 2.37 bits per heavy atom. The van der Waals surface area contributed by atoms with Gasteiger partial charge in [0.05, 0.1) is 13.3 Å². The average Bonchev–Trinajstić information content (AvgIpc) is 2.82. The number of halogens is 1. The van der Waals surface area contributed by atoms with Crippen LogP contribution in [-0.2, 0) is 4.79 Å². The fourth-order valence-electron chi connectivity index (χ4n) is 1.51. The molecule has 0 radical (unpaired) electrons. The standard InChI is InChI=1S/C12H11ClN2O3S/c1-18-8-4-2-3-7(5-8)15-10(12(16)17)11-14-6-9(13)19-11/h2-6,10,15H,1H3,(H,16,17). The molecule has 1 heterocycles. The largest absolute Gasteiger partial charge is 0.497 e. The van der Waals surface area contributed by atoms with Crippen LogP contribution in [0.3, 0.4) is 0 Å². The molecule has 19 heavy (non-hydrogen) atoms. The Kier molecular flexibility index (Phi) is 4.24. The molecule has 0 amide bonds. The third-order valence-corrected chi connectivity index (χ3v) is 3.55. The van der Waals surface area contributed by atoms with E-state index in [1.165, 1.54) is 6.20 Å². The number of ether oxygens (including phenoxy) is 1. The number of benzene rings is 1. The zero-order valence-corrected chi connectivity index (χ0v) is 11.5. The second kappa shape index (κ2) is 5.90. The topological polar surface area (TPSA) is 71.5 Å². The Bertz CT molecular complexity index is 588. The van der Waals surface area contributed by atoms with Gasteiger partial charge >= 0.3 is 5.97 Å². The van der Waals surface area contributed by atoms with Gasteiger partial charge in [0.1, 0.15) is 15.1 Å². The molecule has 2 aromatic rings. The number of aliphatic carboxylic acids is 1. The summed E-state index contributed by atoms with van der Waals surface area (Å²) in [4.78, 5) is 15.3. The molecule has 0 aliphatic rings. The van der Waals surface area contributed by atoms with E-state index in [2.05, 4.69) is 10.3 Å². The van der Waals surface area contributed by atoms with Crippen molar-refractivity contribution in [2.75, 3.05) is 12.4 Å². The molecule has 100 valence electrons. The average molecular weight is 299 g/mol. The van der Waals surface area contributed by atoms with Crippen LogP contribution in [0.25, 0.3) is 0 Å². The van der Waals surface area contributed by atoms with Crippen molar-refractivity contribution in [1.82, 2.24) is 4.98 Å². The molecule has 0 spiro atoms. The molecule has 0 saturated heterocycles. The minimum atomic E-state index is -1.02. The van der Waals surface area contributed by atoms with E-state index in [0.29, 0.717) is 20.8 Å². The first-order chi connectivity index (χ1) is 9.10. The SMILES string of the molecule is COc1cccc(NC(C(=O)O)c2ncc(Cl)s2)c1. The Labute approximate surface area is 118 Å². The molecule has 0 bridgehead atoms. The molecule has 5 nitrogen and oxygen atoms in total. The first-order valence-electron chi connectivity index (χ1n) is 5.35. The summed E-state index contributed by atoms with van der Waals surface area (Å²) in [6.45, 7) is 0. The molecule has 1 aromatic carbocycles. The van der Waals surface area contributed by atoms with Gasteiger partial charge in [0.15, 0.2) is 6.04 Å². The van der Waals surface area contributed by atoms with Crippen LogP contribution in [0.2, 0.25) is 4.34 Å². The second-order valence-corrected chi connectivity index (χ2v) is 5.34. The van der Waals surface area contributed by atoms with Gasteiger partial charge in [-0.25, -0.2) is 9.78 Å². The summed E-state index contributed by atoms with van der Waals surface area (Å²) in [6, 6.07) is 6.08. The molecule has 0 aliphatic carbocycles. The van der Waals surface area contributed by atoms with Gasteiger partial charge in [0.2, 0.25) is 0 Å². The van der Waals surface area contributed by atoms with E-state index in [1.54, 1.807) is 31.4 Å². The van der Waals surface area contributed by atoms with Crippen molar-refractivity contribution in [2.45, 2.75) is 6.04 Å². The molecule has 0 aliphatic heterocycles. The third-order valence-electron chi connectivity index (χ3n) is 2.37. The zero-order valence-electron chi connectivity index (χ0n) is 9.96. The van der Waals surface area contributed by atoms with E-state index >= 15 is 0 Å². The molecule has 7 heteroatoms. The van der Waals surface area contributed by atoms with Crippen molar-refractivity contribution in [3.05, 3.63) is 39.8 Å². The number of carbonyl (C=O) groups is 1. The summed E-state index contributed by atoms with van der Waals surface area (Å²) in [6.07, 6.45) is 1.44. The minimum Gasteiger partial charge on any atom is -0.497 e. The fourth-order valence-corrected chi connectivity index (χ4v) is 2.48. The van der Waals surface area contributed by atoms with E-state index in [9.17, 15) is 9.90 Å². The smallest absolute Gasteiger partial charge is 0.333 e. The number of nitrogens with zero attached hydrogens (tertiary/aromatic N) is 1. The van der Waals surface area contributed by atoms with Crippen LogP contribution < -0.4 is 10.1 Å². The van der Waals surface area contributed by atoms with E-state index in [-0.39, 0.29) is 0 Å². The lowest BCUT2D eigenvalue weighted by Crippen LogP contribution is -2.20. The first-order valence-corrected chi connectivity index (χ1v) is 6.54. The number of hydrogen-bond donors (Lipinski definition) is 2. The van der Waals surface area contributed by atoms with Crippen molar-refractivity contribution >= 4 is 34.6 Å². The third kappa shape index (κ3) is 3.36. The predicted octanol–water partition coefficient (Wildman–Crippen LogP) is 3.04. The maximum absolute atomic E-state index is 11.3. The fraction of sp³-hybridized carbons (Fsp3) is 0.167. The van der Waals surface area contributed by atoms with Crippen LogP contribution >= 0.6 is 22.9 Å². The van der Waals surface area contributed by atoms with Crippen molar-refractivity contribution in [2.24, 2.45) is 0 Å².